The van der Waals surface area contributed by atoms with Crippen molar-refractivity contribution in [1.82, 2.24) is 4.90 Å². The summed E-state index contributed by atoms with van der Waals surface area (Å²) in [5.41, 5.74) is 4.65. The molecule has 2 bridgehead atoms. The van der Waals surface area contributed by atoms with Crippen molar-refractivity contribution in [3.63, 3.8) is 0 Å². The van der Waals surface area contributed by atoms with E-state index in [0.29, 0.717) is 6.04 Å². The number of piperidine rings is 1. The van der Waals surface area contributed by atoms with Crippen LogP contribution in [0.3, 0.4) is 0 Å². The molecule has 4 nitrogen and oxygen atoms in total. The van der Waals surface area contributed by atoms with Gasteiger partial charge in [0.1, 0.15) is 5.75 Å². The smallest absolute Gasteiger partial charge is 0.173 e. The van der Waals surface area contributed by atoms with Gasteiger partial charge in [0.15, 0.2) is 5.79 Å². The fraction of sp³-hybridized carbons (Fsp3) is 0.652. The third-order valence-corrected chi connectivity index (χ3v) is 7.63. The highest BCUT2D eigenvalue weighted by molar-refractivity contribution is 5.54. The maximum Gasteiger partial charge on any atom is 0.173 e. The molecule has 144 valence electrons. The Morgan fingerprint density at radius 1 is 1.22 bits per heavy atom. The first-order valence-corrected chi connectivity index (χ1v) is 10.6. The quantitative estimate of drug-likeness (QED) is 0.766. The largest absolute Gasteiger partial charge is 0.497 e. The summed E-state index contributed by atoms with van der Waals surface area (Å²) in [6.45, 7) is 3.91. The fourth-order valence-corrected chi connectivity index (χ4v) is 6.18. The highest BCUT2D eigenvalue weighted by Gasteiger charge is 2.57. The number of rotatable bonds is 3. The summed E-state index contributed by atoms with van der Waals surface area (Å²) < 4.78 is 18.0. The highest BCUT2D eigenvalue weighted by Crippen LogP contribution is 2.57. The second-order valence-electron chi connectivity index (χ2n) is 9.16. The summed E-state index contributed by atoms with van der Waals surface area (Å²) in [7, 11) is 1.77. The maximum absolute atomic E-state index is 6.18. The first kappa shape index (κ1) is 16.6. The zero-order valence-electron chi connectivity index (χ0n) is 16.2. The minimum atomic E-state index is -0.412. The molecule has 2 saturated heterocycles. The standard InChI is InChI=1S/C23H29NO3/c1-25-18-5-4-17-12-21-19-6-7-23(26-10-11-27-23)15-22(19,20(17)13-18)8-9-24(21)14-16-2-3-16/h4-6,13,16,21H,2-3,7-12,14-15H2,1H3/t21-,22+/m1/s1. The molecule has 3 aliphatic carbocycles. The molecule has 1 aromatic rings. The molecule has 0 amide bonds. The average Bonchev–Trinajstić information content (AvgIpc) is 3.41. The van der Waals surface area contributed by atoms with E-state index in [2.05, 4.69) is 29.2 Å². The van der Waals surface area contributed by atoms with Gasteiger partial charge in [-0.3, -0.25) is 4.90 Å². The lowest BCUT2D eigenvalue weighted by molar-refractivity contribution is -0.176. The molecule has 5 aliphatic rings. The Bertz CT molecular complexity index is 793. The molecule has 1 spiro atoms. The number of fused-ring (bicyclic) bond motifs is 1. The van der Waals surface area contributed by atoms with E-state index in [1.807, 2.05) is 0 Å². The first-order chi connectivity index (χ1) is 13.2. The Morgan fingerprint density at radius 3 is 2.85 bits per heavy atom. The second kappa shape index (κ2) is 5.82. The molecule has 2 aliphatic heterocycles. The van der Waals surface area contributed by atoms with E-state index in [0.717, 1.165) is 50.6 Å². The second-order valence-corrected chi connectivity index (χ2v) is 9.16. The van der Waals surface area contributed by atoms with Crippen LogP contribution in [0.2, 0.25) is 0 Å². The lowest BCUT2D eigenvalue weighted by Gasteiger charge is -2.57. The predicted molar refractivity (Wildman–Crippen MR) is 103 cm³/mol. The van der Waals surface area contributed by atoms with Gasteiger partial charge in [-0.05, 0) is 67.0 Å². The minimum Gasteiger partial charge on any atom is -0.497 e. The molecule has 6 rings (SSSR count). The summed E-state index contributed by atoms with van der Waals surface area (Å²) in [5, 5.41) is 0. The molecular formula is C23H29NO3. The summed E-state index contributed by atoms with van der Waals surface area (Å²) in [4.78, 5) is 2.78. The number of benzene rings is 1. The van der Waals surface area contributed by atoms with Crippen LogP contribution in [0.4, 0.5) is 0 Å². The van der Waals surface area contributed by atoms with Gasteiger partial charge in [0, 0.05) is 30.8 Å². The summed E-state index contributed by atoms with van der Waals surface area (Å²) in [6.07, 6.45) is 9.49. The van der Waals surface area contributed by atoms with E-state index in [9.17, 15) is 0 Å². The molecule has 1 saturated carbocycles. The van der Waals surface area contributed by atoms with Gasteiger partial charge in [0.25, 0.3) is 0 Å². The van der Waals surface area contributed by atoms with Crippen LogP contribution in [0, 0.1) is 5.92 Å². The molecule has 0 N–H and O–H groups in total. The lowest BCUT2D eigenvalue weighted by Crippen LogP contribution is -2.59. The van der Waals surface area contributed by atoms with E-state index >= 15 is 0 Å². The Kier molecular flexibility index (Phi) is 3.57. The van der Waals surface area contributed by atoms with E-state index in [4.69, 9.17) is 14.2 Å². The van der Waals surface area contributed by atoms with Crippen LogP contribution in [0.1, 0.15) is 43.2 Å². The predicted octanol–water partition coefficient (Wildman–Crippen LogP) is 3.44. The summed E-state index contributed by atoms with van der Waals surface area (Å²) >= 11 is 0. The third-order valence-electron chi connectivity index (χ3n) is 7.63. The average molecular weight is 367 g/mol. The minimum absolute atomic E-state index is 0.0510. The zero-order valence-corrected chi connectivity index (χ0v) is 16.2. The van der Waals surface area contributed by atoms with Crippen molar-refractivity contribution in [2.45, 2.75) is 55.8 Å². The van der Waals surface area contributed by atoms with Gasteiger partial charge in [-0.25, -0.2) is 0 Å². The van der Waals surface area contributed by atoms with E-state index in [1.54, 1.807) is 12.7 Å². The van der Waals surface area contributed by atoms with Gasteiger partial charge in [0.05, 0.1) is 20.3 Å². The molecule has 1 aromatic carbocycles. The Balaban J connectivity index is 1.48. The Labute approximate surface area is 161 Å². The van der Waals surface area contributed by atoms with Crippen molar-refractivity contribution >= 4 is 0 Å². The van der Waals surface area contributed by atoms with Gasteiger partial charge in [0.2, 0.25) is 0 Å². The van der Waals surface area contributed by atoms with Crippen LogP contribution < -0.4 is 4.74 Å². The van der Waals surface area contributed by atoms with Crippen LogP contribution in [0.5, 0.6) is 5.75 Å². The van der Waals surface area contributed by atoms with Crippen LogP contribution in [0.25, 0.3) is 0 Å². The number of methoxy groups -OCH3 is 1. The van der Waals surface area contributed by atoms with E-state index in [1.165, 1.54) is 37.1 Å². The molecule has 4 heteroatoms. The van der Waals surface area contributed by atoms with Crippen LogP contribution in [0.15, 0.2) is 29.8 Å². The Hall–Kier alpha value is -1.36. The molecule has 0 radical (unpaired) electrons. The number of hydrogen-bond acceptors (Lipinski definition) is 4. The van der Waals surface area contributed by atoms with Crippen molar-refractivity contribution in [3.05, 3.63) is 41.0 Å². The monoisotopic (exact) mass is 367 g/mol. The van der Waals surface area contributed by atoms with Gasteiger partial charge in [-0.2, -0.15) is 0 Å². The number of ether oxygens (including phenoxy) is 3. The van der Waals surface area contributed by atoms with Crippen LogP contribution in [-0.2, 0) is 21.3 Å². The topological polar surface area (TPSA) is 30.9 Å². The molecule has 0 unspecified atom stereocenters. The number of nitrogens with zero attached hydrogens (tertiary/aromatic N) is 1. The third kappa shape index (κ3) is 2.46. The number of likely N-dealkylation sites (tertiary alicyclic amines) is 1. The van der Waals surface area contributed by atoms with E-state index in [-0.39, 0.29) is 5.41 Å². The maximum atomic E-state index is 6.18. The lowest BCUT2D eigenvalue weighted by atomic mass is 9.55. The summed E-state index contributed by atoms with van der Waals surface area (Å²) in [5.74, 6) is 1.49. The molecule has 2 heterocycles. The Morgan fingerprint density at radius 2 is 2.07 bits per heavy atom. The number of hydrogen-bond donors (Lipinski definition) is 0. The molecule has 27 heavy (non-hydrogen) atoms. The molecule has 0 aromatic heterocycles. The van der Waals surface area contributed by atoms with Crippen LogP contribution in [-0.4, -0.2) is 50.1 Å². The normalized spacial score (nSPS) is 34.1. The van der Waals surface area contributed by atoms with Crippen LogP contribution >= 0.6 is 0 Å². The van der Waals surface area contributed by atoms with Crippen molar-refractivity contribution in [2.24, 2.45) is 5.92 Å². The fourth-order valence-electron chi connectivity index (χ4n) is 6.18. The highest BCUT2D eigenvalue weighted by atomic mass is 16.7. The first-order valence-electron chi connectivity index (χ1n) is 10.6. The SMILES string of the molecule is COc1ccc2c(c1)[C@]13CCN(CC4CC4)[C@H](C2)C1=CCC1(C3)OCCO1. The van der Waals surface area contributed by atoms with Gasteiger partial charge in [-0.1, -0.05) is 12.1 Å². The molecule has 2 atom stereocenters. The zero-order chi connectivity index (χ0) is 18.1. The van der Waals surface area contributed by atoms with Crippen molar-refractivity contribution in [3.8, 4) is 5.75 Å². The van der Waals surface area contributed by atoms with Gasteiger partial charge >= 0.3 is 0 Å². The van der Waals surface area contributed by atoms with Crippen molar-refractivity contribution in [2.75, 3.05) is 33.4 Å². The molecular weight excluding hydrogens is 338 g/mol. The van der Waals surface area contributed by atoms with Crippen molar-refractivity contribution < 1.29 is 14.2 Å². The molecule has 3 fully saturated rings. The van der Waals surface area contributed by atoms with Gasteiger partial charge in [-0.15, -0.1) is 0 Å². The van der Waals surface area contributed by atoms with E-state index < -0.39 is 5.79 Å². The van der Waals surface area contributed by atoms with Gasteiger partial charge < -0.3 is 14.2 Å². The summed E-state index contributed by atoms with van der Waals surface area (Å²) in [6, 6.07) is 7.28. The van der Waals surface area contributed by atoms with Crippen molar-refractivity contribution in [1.29, 1.82) is 0 Å².